The first kappa shape index (κ1) is 24.4. The molecule has 2 rings (SSSR count). The number of rotatable bonds is 7. The van der Waals surface area contributed by atoms with Crippen molar-refractivity contribution in [2.24, 2.45) is 0 Å². The quantitative estimate of drug-likeness (QED) is 0.478. The lowest BCUT2D eigenvalue weighted by atomic mass is 9.78. The second-order valence-electron chi connectivity index (χ2n) is 9.63. The Morgan fingerprint density at radius 1 is 0.900 bits per heavy atom. The highest BCUT2D eigenvalue weighted by atomic mass is 32.2. The van der Waals surface area contributed by atoms with Gasteiger partial charge < -0.3 is 9.84 Å². The molecule has 0 saturated heterocycles. The molecular weight excluding hydrogens is 400 g/mol. The maximum atomic E-state index is 12.3. The molecule has 2 aromatic rings. The first-order chi connectivity index (χ1) is 13.7. The summed E-state index contributed by atoms with van der Waals surface area (Å²) in [5, 5.41) is 10.8. The van der Waals surface area contributed by atoms with Crippen LogP contribution in [0.4, 0.5) is 0 Å². The van der Waals surface area contributed by atoms with Crippen LogP contribution in [0.1, 0.15) is 63.8 Å². The van der Waals surface area contributed by atoms with Crippen LogP contribution in [0.15, 0.2) is 41.3 Å². The third-order valence-corrected chi connectivity index (χ3v) is 6.36. The van der Waals surface area contributed by atoms with Gasteiger partial charge in [0, 0.05) is 0 Å². The van der Waals surface area contributed by atoms with Crippen LogP contribution < -0.4 is 0 Å². The normalized spacial score (nSPS) is 12.9. The first-order valence-electron chi connectivity index (χ1n) is 10.1. The lowest BCUT2D eigenvalue weighted by molar-refractivity contribution is 0.0905. The fourth-order valence-corrected chi connectivity index (χ4v) is 4.34. The number of phenols is 1. The molecule has 1 N–H and O–H groups in total. The van der Waals surface area contributed by atoms with Crippen molar-refractivity contribution in [1.29, 1.82) is 0 Å². The van der Waals surface area contributed by atoms with Gasteiger partial charge in [-0.2, -0.15) is 8.42 Å². The highest BCUT2D eigenvalue weighted by Gasteiger charge is 2.26. The lowest BCUT2D eigenvalue weighted by Crippen LogP contribution is -2.18. The number of hydrogen-bond acceptors (Lipinski definition) is 5. The third-order valence-electron chi connectivity index (χ3n) is 4.88. The van der Waals surface area contributed by atoms with Crippen molar-refractivity contribution in [3.8, 4) is 5.75 Å². The van der Waals surface area contributed by atoms with Gasteiger partial charge in [0.1, 0.15) is 5.75 Å². The maximum Gasteiger partial charge on any atom is 0.297 e. The molecule has 0 fully saturated rings. The Bertz CT molecular complexity index is 944. The fraction of sp³-hybridized carbons (Fsp3) is 0.500. The molecule has 0 unspecified atom stereocenters. The standard InChI is InChI=1S/C24H34O5S/c1-17-10-8-9-11-21(17)30(26,27)29-13-12-28-16-18-14-19(23(2,3)4)22(25)20(15-18)24(5,6)7/h8-11,14-15,25H,12-13,16H2,1-7H3. The minimum absolute atomic E-state index is 0.0625. The average Bonchev–Trinajstić information content (AvgIpc) is 2.60. The molecule has 0 aliphatic carbocycles. The van der Waals surface area contributed by atoms with Crippen LogP contribution in [-0.4, -0.2) is 26.7 Å². The summed E-state index contributed by atoms with van der Waals surface area (Å²) in [4.78, 5) is 0.174. The molecule has 5 nitrogen and oxygen atoms in total. The zero-order valence-corrected chi connectivity index (χ0v) is 19.9. The molecule has 0 atom stereocenters. The summed E-state index contributed by atoms with van der Waals surface area (Å²) >= 11 is 0. The predicted molar refractivity (Wildman–Crippen MR) is 119 cm³/mol. The molecule has 0 spiro atoms. The largest absolute Gasteiger partial charge is 0.507 e. The van der Waals surface area contributed by atoms with Crippen molar-refractivity contribution in [3.05, 3.63) is 58.7 Å². The minimum Gasteiger partial charge on any atom is -0.507 e. The summed E-state index contributed by atoms with van der Waals surface area (Å²) < 4.78 is 35.5. The molecule has 6 heteroatoms. The van der Waals surface area contributed by atoms with Crippen molar-refractivity contribution in [2.45, 2.75) is 70.8 Å². The molecule has 166 valence electrons. The fourth-order valence-electron chi connectivity index (χ4n) is 3.21. The van der Waals surface area contributed by atoms with E-state index in [2.05, 4.69) is 41.5 Å². The first-order valence-corrected chi connectivity index (χ1v) is 11.5. The van der Waals surface area contributed by atoms with Crippen LogP contribution in [0, 0.1) is 6.92 Å². The highest BCUT2D eigenvalue weighted by Crippen LogP contribution is 2.39. The Balaban J connectivity index is 2.05. The maximum absolute atomic E-state index is 12.3. The summed E-state index contributed by atoms with van der Waals surface area (Å²) in [7, 11) is -3.81. The molecule has 0 radical (unpaired) electrons. The highest BCUT2D eigenvalue weighted by molar-refractivity contribution is 7.86. The topological polar surface area (TPSA) is 72.8 Å². The predicted octanol–water partition coefficient (Wildman–Crippen LogP) is 5.22. The Morgan fingerprint density at radius 2 is 1.43 bits per heavy atom. The van der Waals surface area contributed by atoms with E-state index in [0.717, 1.165) is 16.7 Å². The van der Waals surface area contributed by atoms with Gasteiger partial charge >= 0.3 is 0 Å². The van der Waals surface area contributed by atoms with Gasteiger partial charge in [0.15, 0.2) is 0 Å². The van der Waals surface area contributed by atoms with Crippen molar-refractivity contribution in [3.63, 3.8) is 0 Å². The van der Waals surface area contributed by atoms with E-state index in [1.807, 2.05) is 12.1 Å². The molecule has 0 aliphatic rings. The van der Waals surface area contributed by atoms with E-state index in [9.17, 15) is 13.5 Å². The Labute approximate surface area is 181 Å². The van der Waals surface area contributed by atoms with Gasteiger partial charge in [-0.05, 0) is 58.2 Å². The molecular formula is C24H34O5S. The van der Waals surface area contributed by atoms with Gasteiger partial charge in [0.25, 0.3) is 10.1 Å². The summed E-state index contributed by atoms with van der Waals surface area (Å²) in [6.07, 6.45) is 0. The zero-order chi connectivity index (χ0) is 22.7. The number of hydrogen-bond donors (Lipinski definition) is 1. The van der Waals surface area contributed by atoms with E-state index in [4.69, 9.17) is 8.92 Å². The van der Waals surface area contributed by atoms with Gasteiger partial charge in [-0.1, -0.05) is 59.7 Å². The van der Waals surface area contributed by atoms with Crippen LogP contribution in [0.5, 0.6) is 5.75 Å². The second kappa shape index (κ2) is 9.08. The van der Waals surface area contributed by atoms with E-state index in [-0.39, 0.29) is 28.9 Å². The second-order valence-corrected chi connectivity index (χ2v) is 11.2. The molecule has 0 aliphatic heterocycles. The number of aryl methyl sites for hydroxylation is 1. The van der Waals surface area contributed by atoms with Crippen LogP contribution in [-0.2, 0) is 36.5 Å². The molecule has 0 amide bonds. The summed E-state index contributed by atoms with van der Waals surface area (Å²) in [6.45, 7) is 14.5. The van der Waals surface area contributed by atoms with E-state index in [0.29, 0.717) is 17.9 Å². The van der Waals surface area contributed by atoms with Crippen molar-refractivity contribution in [1.82, 2.24) is 0 Å². The van der Waals surface area contributed by atoms with Gasteiger partial charge in [-0.15, -0.1) is 0 Å². The third kappa shape index (κ3) is 6.06. The molecule has 0 aromatic heterocycles. The molecule has 30 heavy (non-hydrogen) atoms. The van der Waals surface area contributed by atoms with Crippen LogP contribution in [0.25, 0.3) is 0 Å². The SMILES string of the molecule is Cc1ccccc1S(=O)(=O)OCCOCc1cc(C(C)(C)C)c(O)c(C(C)(C)C)c1. The monoisotopic (exact) mass is 434 g/mol. The molecule has 0 bridgehead atoms. The minimum atomic E-state index is -3.81. The average molecular weight is 435 g/mol. The molecule has 2 aromatic carbocycles. The van der Waals surface area contributed by atoms with Gasteiger partial charge in [0.2, 0.25) is 0 Å². The van der Waals surface area contributed by atoms with Crippen LogP contribution in [0.3, 0.4) is 0 Å². The number of aromatic hydroxyl groups is 1. The van der Waals surface area contributed by atoms with E-state index in [1.54, 1.807) is 25.1 Å². The van der Waals surface area contributed by atoms with Gasteiger partial charge in [-0.25, -0.2) is 0 Å². The van der Waals surface area contributed by atoms with E-state index >= 15 is 0 Å². The Morgan fingerprint density at radius 3 is 1.93 bits per heavy atom. The Kier molecular flexibility index (Phi) is 7.38. The lowest BCUT2D eigenvalue weighted by Gasteiger charge is -2.28. The summed E-state index contributed by atoms with van der Waals surface area (Å²) in [5.41, 5.74) is 2.88. The van der Waals surface area contributed by atoms with Crippen molar-refractivity contribution < 1.29 is 22.4 Å². The van der Waals surface area contributed by atoms with Crippen LogP contribution in [0.2, 0.25) is 0 Å². The number of ether oxygens (including phenoxy) is 1. The van der Waals surface area contributed by atoms with Crippen molar-refractivity contribution in [2.75, 3.05) is 13.2 Å². The Hall–Kier alpha value is -1.89. The van der Waals surface area contributed by atoms with Gasteiger partial charge in [-0.3, -0.25) is 4.18 Å². The van der Waals surface area contributed by atoms with E-state index in [1.165, 1.54) is 6.07 Å². The summed E-state index contributed by atoms with van der Waals surface area (Å²) in [5.74, 6) is 0.325. The number of benzene rings is 2. The summed E-state index contributed by atoms with van der Waals surface area (Å²) in [6, 6.07) is 10.6. The van der Waals surface area contributed by atoms with Crippen LogP contribution >= 0.6 is 0 Å². The zero-order valence-electron chi connectivity index (χ0n) is 19.1. The molecule has 0 saturated carbocycles. The van der Waals surface area contributed by atoms with Gasteiger partial charge in [0.05, 0.1) is 24.7 Å². The smallest absolute Gasteiger partial charge is 0.297 e. The number of phenolic OH excluding ortho intramolecular Hbond substituents is 1. The molecule has 0 heterocycles. The van der Waals surface area contributed by atoms with Crippen molar-refractivity contribution >= 4 is 10.1 Å². The van der Waals surface area contributed by atoms with E-state index < -0.39 is 10.1 Å².